The van der Waals surface area contributed by atoms with E-state index in [0.29, 0.717) is 18.6 Å². The Morgan fingerprint density at radius 1 is 1.78 bits per heavy atom. The van der Waals surface area contributed by atoms with Gasteiger partial charge in [-0.05, 0) is 25.3 Å². The zero-order valence-electron chi connectivity index (χ0n) is 5.93. The number of nitrogens with one attached hydrogen (secondary N) is 1. The van der Waals surface area contributed by atoms with Crippen LogP contribution in [-0.2, 0) is 0 Å². The summed E-state index contributed by atoms with van der Waals surface area (Å²) in [5.41, 5.74) is 0. The van der Waals surface area contributed by atoms with Crippen LogP contribution in [0.5, 0.6) is 0 Å². The lowest BCUT2D eigenvalue weighted by Gasteiger charge is -2.33. The molecule has 0 saturated carbocycles. The molecule has 2 atom stereocenters. The SMILES string of the molecule is CCC(CO)C1CCN1. The summed E-state index contributed by atoms with van der Waals surface area (Å²) in [4.78, 5) is 0. The van der Waals surface area contributed by atoms with Gasteiger partial charge in [-0.1, -0.05) is 6.92 Å². The fourth-order valence-electron chi connectivity index (χ4n) is 1.25. The molecule has 0 aromatic heterocycles. The second-order valence-electron chi connectivity index (χ2n) is 2.70. The topological polar surface area (TPSA) is 32.3 Å². The smallest absolute Gasteiger partial charge is 0.0474 e. The first-order valence-electron chi connectivity index (χ1n) is 3.72. The van der Waals surface area contributed by atoms with Crippen LogP contribution in [0.3, 0.4) is 0 Å². The molecule has 2 heteroatoms. The third-order valence-corrected chi connectivity index (χ3v) is 2.19. The van der Waals surface area contributed by atoms with Gasteiger partial charge >= 0.3 is 0 Å². The van der Waals surface area contributed by atoms with Gasteiger partial charge in [-0.2, -0.15) is 0 Å². The van der Waals surface area contributed by atoms with E-state index in [9.17, 15) is 0 Å². The van der Waals surface area contributed by atoms with Crippen molar-refractivity contribution in [1.82, 2.24) is 5.32 Å². The molecule has 1 heterocycles. The zero-order chi connectivity index (χ0) is 6.69. The van der Waals surface area contributed by atoms with Crippen LogP contribution in [-0.4, -0.2) is 24.3 Å². The van der Waals surface area contributed by atoms with Gasteiger partial charge in [0.1, 0.15) is 0 Å². The Labute approximate surface area is 56.3 Å². The predicted octanol–water partition coefficient (Wildman–Crippen LogP) is 0.367. The summed E-state index contributed by atoms with van der Waals surface area (Å²) in [6.45, 7) is 3.61. The Hall–Kier alpha value is -0.0800. The maximum atomic E-state index is 8.82. The van der Waals surface area contributed by atoms with E-state index in [-0.39, 0.29) is 0 Å². The molecule has 2 unspecified atom stereocenters. The van der Waals surface area contributed by atoms with E-state index in [2.05, 4.69) is 12.2 Å². The third-order valence-electron chi connectivity index (χ3n) is 2.19. The van der Waals surface area contributed by atoms with Crippen LogP contribution in [0.1, 0.15) is 19.8 Å². The Bertz CT molecular complexity index is 77.0. The first-order valence-corrected chi connectivity index (χ1v) is 3.72. The Morgan fingerprint density at radius 2 is 2.44 bits per heavy atom. The van der Waals surface area contributed by atoms with Crippen molar-refractivity contribution in [2.45, 2.75) is 25.8 Å². The third kappa shape index (κ3) is 1.43. The van der Waals surface area contributed by atoms with Crippen molar-refractivity contribution >= 4 is 0 Å². The average molecular weight is 129 g/mol. The minimum atomic E-state index is 0.341. The fourth-order valence-corrected chi connectivity index (χ4v) is 1.25. The lowest BCUT2D eigenvalue weighted by molar-refractivity contribution is 0.153. The highest BCUT2D eigenvalue weighted by Crippen LogP contribution is 2.15. The number of rotatable bonds is 3. The summed E-state index contributed by atoms with van der Waals surface area (Å²) in [6.07, 6.45) is 2.34. The molecule has 54 valence electrons. The van der Waals surface area contributed by atoms with E-state index < -0.39 is 0 Å². The van der Waals surface area contributed by atoms with Crippen LogP contribution in [0.15, 0.2) is 0 Å². The standard InChI is InChI=1S/C7H15NO/c1-2-6(5-9)7-3-4-8-7/h6-9H,2-5H2,1H3. The maximum absolute atomic E-state index is 8.82. The van der Waals surface area contributed by atoms with Crippen LogP contribution in [0, 0.1) is 5.92 Å². The lowest BCUT2D eigenvalue weighted by Crippen LogP contribution is -2.48. The van der Waals surface area contributed by atoms with E-state index in [1.54, 1.807) is 0 Å². The number of aliphatic hydroxyl groups is 1. The van der Waals surface area contributed by atoms with Gasteiger partial charge in [0.15, 0.2) is 0 Å². The van der Waals surface area contributed by atoms with Gasteiger partial charge in [0.05, 0.1) is 0 Å². The van der Waals surface area contributed by atoms with Gasteiger partial charge in [-0.25, -0.2) is 0 Å². The second kappa shape index (κ2) is 3.18. The molecule has 0 radical (unpaired) electrons. The van der Waals surface area contributed by atoms with E-state index in [4.69, 9.17) is 5.11 Å². The van der Waals surface area contributed by atoms with Crippen molar-refractivity contribution in [2.24, 2.45) is 5.92 Å². The van der Waals surface area contributed by atoms with E-state index >= 15 is 0 Å². The molecule has 0 bridgehead atoms. The molecule has 0 amide bonds. The molecular formula is C7H15NO. The number of hydrogen-bond donors (Lipinski definition) is 2. The van der Waals surface area contributed by atoms with Crippen molar-refractivity contribution in [1.29, 1.82) is 0 Å². The van der Waals surface area contributed by atoms with Crippen LogP contribution in [0.25, 0.3) is 0 Å². The van der Waals surface area contributed by atoms with Crippen molar-refractivity contribution in [2.75, 3.05) is 13.2 Å². The molecule has 0 aromatic rings. The summed E-state index contributed by atoms with van der Waals surface area (Å²) in [5.74, 6) is 0.499. The molecule has 1 saturated heterocycles. The summed E-state index contributed by atoms with van der Waals surface area (Å²) in [5, 5.41) is 12.1. The van der Waals surface area contributed by atoms with Gasteiger partial charge in [0.2, 0.25) is 0 Å². The molecule has 1 fully saturated rings. The molecule has 1 rings (SSSR count). The van der Waals surface area contributed by atoms with E-state index in [1.807, 2.05) is 0 Å². The predicted molar refractivity (Wildman–Crippen MR) is 37.3 cm³/mol. The molecule has 0 aliphatic carbocycles. The molecule has 2 nitrogen and oxygen atoms in total. The monoisotopic (exact) mass is 129 g/mol. The minimum absolute atomic E-state index is 0.341. The number of hydrogen-bond acceptors (Lipinski definition) is 2. The molecule has 0 spiro atoms. The molecule has 1 aliphatic heterocycles. The highest BCUT2D eigenvalue weighted by molar-refractivity contribution is 4.83. The van der Waals surface area contributed by atoms with Crippen LogP contribution in [0.2, 0.25) is 0 Å². The normalized spacial score (nSPS) is 29.3. The molecular weight excluding hydrogens is 114 g/mol. The Kier molecular flexibility index (Phi) is 2.49. The van der Waals surface area contributed by atoms with Crippen LogP contribution in [0.4, 0.5) is 0 Å². The zero-order valence-corrected chi connectivity index (χ0v) is 5.93. The van der Waals surface area contributed by atoms with Crippen molar-refractivity contribution < 1.29 is 5.11 Å². The highest BCUT2D eigenvalue weighted by Gasteiger charge is 2.23. The minimum Gasteiger partial charge on any atom is -0.396 e. The van der Waals surface area contributed by atoms with Crippen molar-refractivity contribution in [3.63, 3.8) is 0 Å². The van der Waals surface area contributed by atoms with Gasteiger partial charge in [-0.3, -0.25) is 0 Å². The van der Waals surface area contributed by atoms with E-state index in [1.165, 1.54) is 6.42 Å². The lowest BCUT2D eigenvalue weighted by atomic mass is 9.90. The van der Waals surface area contributed by atoms with Crippen LogP contribution < -0.4 is 5.32 Å². The summed E-state index contributed by atoms with van der Waals surface area (Å²) >= 11 is 0. The highest BCUT2D eigenvalue weighted by atomic mass is 16.3. The first kappa shape index (κ1) is 7.03. The van der Waals surface area contributed by atoms with E-state index in [0.717, 1.165) is 13.0 Å². The van der Waals surface area contributed by atoms with Gasteiger partial charge in [0.25, 0.3) is 0 Å². The van der Waals surface area contributed by atoms with Crippen LogP contribution >= 0.6 is 0 Å². The summed E-state index contributed by atoms with van der Waals surface area (Å²) in [7, 11) is 0. The van der Waals surface area contributed by atoms with Gasteiger partial charge in [-0.15, -0.1) is 0 Å². The maximum Gasteiger partial charge on any atom is 0.0474 e. The van der Waals surface area contributed by atoms with Crippen molar-refractivity contribution in [3.05, 3.63) is 0 Å². The number of aliphatic hydroxyl groups excluding tert-OH is 1. The van der Waals surface area contributed by atoms with Crippen molar-refractivity contribution in [3.8, 4) is 0 Å². The second-order valence-corrected chi connectivity index (χ2v) is 2.70. The Morgan fingerprint density at radius 3 is 2.56 bits per heavy atom. The van der Waals surface area contributed by atoms with Gasteiger partial charge in [0, 0.05) is 12.6 Å². The molecule has 9 heavy (non-hydrogen) atoms. The average Bonchev–Trinajstić information content (AvgIpc) is 1.78. The molecule has 1 aliphatic rings. The molecule has 2 N–H and O–H groups in total. The quantitative estimate of drug-likeness (QED) is 0.577. The fraction of sp³-hybridized carbons (Fsp3) is 1.00. The molecule has 0 aromatic carbocycles. The largest absolute Gasteiger partial charge is 0.396 e. The van der Waals surface area contributed by atoms with Gasteiger partial charge < -0.3 is 10.4 Å². The summed E-state index contributed by atoms with van der Waals surface area (Å²) in [6, 6.07) is 0.611. The first-order chi connectivity index (χ1) is 4.38. The summed E-state index contributed by atoms with van der Waals surface area (Å²) < 4.78 is 0. The Balaban J connectivity index is 2.19.